The molecular weight excluding hydrogens is 339 g/mol. The third-order valence-electron chi connectivity index (χ3n) is 2.89. The minimum atomic E-state index is -0.387. The maximum atomic E-state index is 11.9. The molecule has 0 unspecified atom stereocenters. The Morgan fingerprint density at radius 3 is 2.70 bits per heavy atom. The Morgan fingerprint density at radius 1 is 1.22 bits per heavy atom. The molecule has 1 aromatic heterocycles. The van der Waals surface area contributed by atoms with Gasteiger partial charge in [0.25, 0.3) is 0 Å². The van der Waals surface area contributed by atoms with Crippen LogP contribution in [-0.4, -0.2) is 23.8 Å². The molecule has 1 aromatic carbocycles. The summed E-state index contributed by atoms with van der Waals surface area (Å²) in [5, 5.41) is 4.79. The number of ether oxygens (including phenoxy) is 1. The fourth-order valence-corrected chi connectivity index (χ4v) is 2.14. The Hall–Kier alpha value is -2.11. The monoisotopic (exact) mass is 352 g/mol. The molecule has 0 saturated carbocycles. The number of carbonyl (C=O) groups is 1. The van der Waals surface area contributed by atoms with Crippen LogP contribution in [0.2, 0.25) is 10.0 Å². The van der Waals surface area contributed by atoms with E-state index in [0.29, 0.717) is 27.9 Å². The smallest absolute Gasteiger partial charge is 0.311 e. The average molecular weight is 353 g/mol. The lowest BCUT2D eigenvalue weighted by Gasteiger charge is -2.07. The van der Waals surface area contributed by atoms with E-state index in [-0.39, 0.29) is 12.4 Å². The van der Waals surface area contributed by atoms with E-state index in [1.165, 1.54) is 13.3 Å². The van der Waals surface area contributed by atoms with Crippen LogP contribution in [0.3, 0.4) is 0 Å². The SMILES string of the molecule is CON=C(CCC(=O)Oc1cccnc1)c1ccc(Cl)c(Cl)c1. The van der Waals surface area contributed by atoms with E-state index in [1.807, 2.05) is 0 Å². The van der Waals surface area contributed by atoms with Crippen molar-refractivity contribution in [1.29, 1.82) is 0 Å². The molecule has 0 aliphatic rings. The molecule has 2 aromatic rings. The highest BCUT2D eigenvalue weighted by Crippen LogP contribution is 2.24. The van der Waals surface area contributed by atoms with Crippen LogP contribution in [0.25, 0.3) is 0 Å². The second-order valence-electron chi connectivity index (χ2n) is 4.51. The zero-order chi connectivity index (χ0) is 16.7. The molecule has 0 aliphatic heterocycles. The number of hydrogen-bond acceptors (Lipinski definition) is 5. The van der Waals surface area contributed by atoms with E-state index < -0.39 is 0 Å². The number of rotatable bonds is 6. The zero-order valence-corrected chi connectivity index (χ0v) is 13.8. The molecule has 0 amide bonds. The van der Waals surface area contributed by atoms with Crippen molar-refractivity contribution in [1.82, 2.24) is 4.98 Å². The summed E-state index contributed by atoms with van der Waals surface area (Å²) >= 11 is 11.9. The lowest BCUT2D eigenvalue weighted by molar-refractivity contribution is -0.134. The lowest BCUT2D eigenvalue weighted by atomic mass is 10.1. The normalized spacial score (nSPS) is 11.2. The van der Waals surface area contributed by atoms with Gasteiger partial charge in [-0.2, -0.15) is 0 Å². The van der Waals surface area contributed by atoms with E-state index in [2.05, 4.69) is 10.1 Å². The third kappa shape index (κ3) is 5.23. The van der Waals surface area contributed by atoms with Crippen molar-refractivity contribution in [2.75, 3.05) is 7.11 Å². The van der Waals surface area contributed by atoms with Crippen molar-refractivity contribution in [3.63, 3.8) is 0 Å². The molecule has 1 heterocycles. The van der Waals surface area contributed by atoms with Gasteiger partial charge in [0.05, 0.1) is 28.4 Å². The van der Waals surface area contributed by atoms with Crippen molar-refractivity contribution in [2.45, 2.75) is 12.8 Å². The van der Waals surface area contributed by atoms with Crippen LogP contribution in [-0.2, 0) is 9.63 Å². The van der Waals surface area contributed by atoms with Gasteiger partial charge in [0, 0.05) is 18.2 Å². The fourth-order valence-electron chi connectivity index (χ4n) is 1.84. The van der Waals surface area contributed by atoms with Crippen molar-refractivity contribution >= 4 is 34.9 Å². The first-order valence-electron chi connectivity index (χ1n) is 6.76. The van der Waals surface area contributed by atoms with E-state index >= 15 is 0 Å². The summed E-state index contributed by atoms with van der Waals surface area (Å²) in [5.74, 6) is 0.0131. The van der Waals surface area contributed by atoms with Crippen LogP contribution in [0, 0.1) is 0 Å². The number of benzene rings is 1. The molecule has 0 radical (unpaired) electrons. The number of aromatic nitrogens is 1. The summed E-state index contributed by atoms with van der Waals surface area (Å²) in [4.78, 5) is 20.6. The quantitative estimate of drug-likeness (QED) is 0.445. The first-order chi connectivity index (χ1) is 11.1. The lowest BCUT2D eigenvalue weighted by Crippen LogP contribution is -2.11. The van der Waals surface area contributed by atoms with Crippen LogP contribution in [0.4, 0.5) is 0 Å². The van der Waals surface area contributed by atoms with Gasteiger partial charge in [0.2, 0.25) is 0 Å². The Labute approximate surface area is 143 Å². The molecule has 0 N–H and O–H groups in total. The van der Waals surface area contributed by atoms with Gasteiger partial charge in [-0.05, 0) is 24.3 Å². The van der Waals surface area contributed by atoms with E-state index in [4.69, 9.17) is 32.8 Å². The molecule has 0 saturated heterocycles. The summed E-state index contributed by atoms with van der Waals surface area (Å²) in [7, 11) is 1.44. The molecule has 7 heteroatoms. The molecule has 0 atom stereocenters. The summed E-state index contributed by atoms with van der Waals surface area (Å²) in [6.07, 6.45) is 3.55. The van der Waals surface area contributed by atoms with Crippen LogP contribution < -0.4 is 4.74 Å². The number of esters is 1. The highest BCUT2D eigenvalue weighted by atomic mass is 35.5. The maximum absolute atomic E-state index is 11.9. The Kier molecular flexibility index (Phi) is 6.38. The molecule has 23 heavy (non-hydrogen) atoms. The van der Waals surface area contributed by atoms with Gasteiger partial charge in [0.15, 0.2) is 0 Å². The molecular formula is C16H14Cl2N2O3. The third-order valence-corrected chi connectivity index (χ3v) is 3.63. The van der Waals surface area contributed by atoms with Crippen molar-refractivity contribution in [2.24, 2.45) is 5.16 Å². The summed E-state index contributed by atoms with van der Waals surface area (Å²) in [6.45, 7) is 0. The van der Waals surface area contributed by atoms with E-state index in [9.17, 15) is 4.79 Å². The first kappa shape index (κ1) is 17.2. The predicted octanol–water partition coefficient (Wildman–Crippen LogP) is 4.12. The van der Waals surface area contributed by atoms with Gasteiger partial charge < -0.3 is 9.57 Å². The number of halogens is 2. The Morgan fingerprint density at radius 2 is 2.04 bits per heavy atom. The number of nitrogens with zero attached hydrogens (tertiary/aromatic N) is 2. The number of oxime groups is 1. The zero-order valence-electron chi connectivity index (χ0n) is 12.3. The highest BCUT2D eigenvalue weighted by molar-refractivity contribution is 6.42. The molecule has 0 aliphatic carbocycles. The van der Waals surface area contributed by atoms with Gasteiger partial charge >= 0.3 is 5.97 Å². The number of carbonyl (C=O) groups excluding carboxylic acids is 1. The maximum Gasteiger partial charge on any atom is 0.311 e. The molecule has 0 fully saturated rings. The Bertz CT molecular complexity index is 706. The molecule has 5 nitrogen and oxygen atoms in total. The largest absolute Gasteiger partial charge is 0.425 e. The second kappa shape index (κ2) is 8.50. The van der Waals surface area contributed by atoms with Crippen molar-refractivity contribution in [3.05, 3.63) is 58.3 Å². The minimum absolute atomic E-state index is 0.136. The Balaban J connectivity index is 2.01. The van der Waals surface area contributed by atoms with Crippen LogP contribution in [0.15, 0.2) is 47.9 Å². The van der Waals surface area contributed by atoms with Crippen LogP contribution in [0.1, 0.15) is 18.4 Å². The predicted molar refractivity (Wildman–Crippen MR) is 89.1 cm³/mol. The summed E-state index contributed by atoms with van der Waals surface area (Å²) in [6, 6.07) is 8.45. The molecule has 2 rings (SSSR count). The molecule has 0 bridgehead atoms. The van der Waals surface area contributed by atoms with E-state index in [0.717, 1.165) is 5.56 Å². The van der Waals surface area contributed by atoms with Gasteiger partial charge in [-0.15, -0.1) is 0 Å². The van der Waals surface area contributed by atoms with Gasteiger partial charge in [-0.3, -0.25) is 9.78 Å². The van der Waals surface area contributed by atoms with Gasteiger partial charge in [-0.1, -0.05) is 34.4 Å². The average Bonchev–Trinajstić information content (AvgIpc) is 2.55. The highest BCUT2D eigenvalue weighted by Gasteiger charge is 2.12. The van der Waals surface area contributed by atoms with Gasteiger partial charge in [0.1, 0.15) is 12.9 Å². The molecule has 120 valence electrons. The van der Waals surface area contributed by atoms with E-state index in [1.54, 1.807) is 36.5 Å². The molecule has 0 spiro atoms. The first-order valence-corrected chi connectivity index (χ1v) is 7.52. The fraction of sp³-hybridized carbons (Fsp3) is 0.188. The topological polar surface area (TPSA) is 60.8 Å². The summed E-state index contributed by atoms with van der Waals surface area (Å²) < 4.78 is 5.18. The summed E-state index contributed by atoms with van der Waals surface area (Å²) in [5.41, 5.74) is 1.31. The van der Waals surface area contributed by atoms with Crippen LogP contribution in [0.5, 0.6) is 5.75 Å². The number of pyridine rings is 1. The minimum Gasteiger partial charge on any atom is -0.425 e. The second-order valence-corrected chi connectivity index (χ2v) is 5.33. The van der Waals surface area contributed by atoms with Crippen LogP contribution >= 0.6 is 23.2 Å². The number of hydrogen-bond donors (Lipinski definition) is 0. The van der Waals surface area contributed by atoms with Crippen molar-refractivity contribution in [3.8, 4) is 5.75 Å². The standard InChI is InChI=1S/C16H14Cl2N2O3/c1-22-20-15(11-4-5-13(17)14(18)9-11)6-7-16(21)23-12-3-2-8-19-10-12/h2-5,8-10H,6-7H2,1H3. The van der Waals surface area contributed by atoms with Gasteiger partial charge in [-0.25, -0.2) is 0 Å². The van der Waals surface area contributed by atoms with Crippen molar-refractivity contribution < 1.29 is 14.4 Å².